The van der Waals surface area contributed by atoms with Gasteiger partial charge >= 0.3 is 5.97 Å². The average molecular weight is 241 g/mol. The van der Waals surface area contributed by atoms with Crippen LogP contribution in [0.2, 0.25) is 0 Å². The monoisotopic (exact) mass is 241 g/mol. The molecule has 1 N–H and O–H groups in total. The van der Waals surface area contributed by atoms with Crippen LogP contribution < -0.4 is 0 Å². The molecule has 4 heteroatoms. The molecule has 1 saturated carbocycles. The molecule has 0 aromatic heterocycles. The Morgan fingerprint density at radius 1 is 1.47 bits per heavy atom. The van der Waals surface area contributed by atoms with Gasteiger partial charge in [0.05, 0.1) is 6.10 Å². The molecule has 2 fully saturated rings. The minimum Gasteiger partial charge on any atom is -0.480 e. The van der Waals surface area contributed by atoms with Gasteiger partial charge in [-0.1, -0.05) is 6.92 Å². The van der Waals surface area contributed by atoms with E-state index in [9.17, 15) is 9.90 Å². The summed E-state index contributed by atoms with van der Waals surface area (Å²) in [6, 6.07) is -0.261. The van der Waals surface area contributed by atoms with Gasteiger partial charge in [-0.3, -0.25) is 9.69 Å². The van der Waals surface area contributed by atoms with E-state index in [0.29, 0.717) is 5.92 Å². The van der Waals surface area contributed by atoms with Crippen molar-refractivity contribution in [2.75, 3.05) is 19.7 Å². The van der Waals surface area contributed by atoms with Gasteiger partial charge in [0.1, 0.15) is 6.04 Å². The Balaban J connectivity index is 1.88. The van der Waals surface area contributed by atoms with Gasteiger partial charge in [0.15, 0.2) is 0 Å². The second-order valence-corrected chi connectivity index (χ2v) is 5.25. The standard InChI is InChI=1S/C13H23NO3/c1-2-8-17-11-4-3-7-14(9-11)12(13(15)16)10-5-6-10/h10-12H,2-9H2,1H3,(H,15,16). The Kier molecular flexibility index (Phi) is 4.40. The Labute approximate surface area is 103 Å². The van der Waals surface area contributed by atoms with Gasteiger partial charge in [0, 0.05) is 13.2 Å². The zero-order chi connectivity index (χ0) is 12.3. The summed E-state index contributed by atoms with van der Waals surface area (Å²) in [6.45, 7) is 4.61. The summed E-state index contributed by atoms with van der Waals surface area (Å²) in [5, 5.41) is 9.32. The summed E-state index contributed by atoms with van der Waals surface area (Å²) >= 11 is 0. The molecule has 17 heavy (non-hydrogen) atoms. The molecule has 0 spiro atoms. The number of hydrogen-bond donors (Lipinski definition) is 1. The Morgan fingerprint density at radius 3 is 2.82 bits per heavy atom. The van der Waals surface area contributed by atoms with E-state index in [1.54, 1.807) is 0 Å². The number of carboxylic acids is 1. The van der Waals surface area contributed by atoms with E-state index >= 15 is 0 Å². The van der Waals surface area contributed by atoms with Crippen molar-refractivity contribution >= 4 is 5.97 Å². The highest BCUT2D eigenvalue weighted by atomic mass is 16.5. The molecule has 0 aromatic carbocycles. The number of nitrogens with zero attached hydrogens (tertiary/aromatic N) is 1. The summed E-state index contributed by atoms with van der Waals surface area (Å²) in [6.07, 6.45) is 5.56. The SMILES string of the molecule is CCCOC1CCCN(C(C(=O)O)C2CC2)C1. The number of aliphatic carboxylic acids is 1. The maximum absolute atomic E-state index is 11.3. The first-order valence-electron chi connectivity index (χ1n) is 6.80. The predicted molar refractivity (Wildman–Crippen MR) is 65.0 cm³/mol. The second kappa shape index (κ2) is 5.83. The third kappa shape index (κ3) is 3.42. The van der Waals surface area contributed by atoms with Gasteiger partial charge in [0.25, 0.3) is 0 Å². The third-order valence-electron chi connectivity index (χ3n) is 3.68. The minimum absolute atomic E-state index is 0.240. The second-order valence-electron chi connectivity index (χ2n) is 5.25. The Morgan fingerprint density at radius 2 is 2.24 bits per heavy atom. The molecule has 2 atom stereocenters. The van der Waals surface area contributed by atoms with E-state index < -0.39 is 5.97 Å². The van der Waals surface area contributed by atoms with Crippen molar-refractivity contribution in [1.29, 1.82) is 0 Å². The van der Waals surface area contributed by atoms with Gasteiger partial charge in [-0.05, 0) is 44.6 Å². The van der Waals surface area contributed by atoms with E-state index in [2.05, 4.69) is 11.8 Å². The minimum atomic E-state index is -0.649. The van der Waals surface area contributed by atoms with Gasteiger partial charge in [-0.25, -0.2) is 0 Å². The summed E-state index contributed by atoms with van der Waals surface area (Å²) in [5.41, 5.74) is 0. The molecule has 0 aromatic rings. The lowest BCUT2D eigenvalue weighted by molar-refractivity contribution is -0.146. The number of carboxylic acid groups (broad SMARTS) is 1. The summed E-state index contributed by atoms with van der Waals surface area (Å²) in [4.78, 5) is 13.4. The predicted octanol–water partition coefficient (Wildman–Crippen LogP) is 1.74. The molecule has 0 amide bonds. The van der Waals surface area contributed by atoms with Gasteiger partial charge in [-0.15, -0.1) is 0 Å². The first kappa shape index (κ1) is 12.8. The number of carbonyl (C=O) groups is 1. The molecule has 2 aliphatic rings. The number of piperidine rings is 1. The first-order valence-corrected chi connectivity index (χ1v) is 6.80. The number of hydrogen-bond acceptors (Lipinski definition) is 3. The van der Waals surface area contributed by atoms with Gasteiger partial charge in [0.2, 0.25) is 0 Å². The van der Waals surface area contributed by atoms with Crippen molar-refractivity contribution < 1.29 is 14.6 Å². The number of rotatable bonds is 6. The summed E-state index contributed by atoms with van der Waals surface area (Å²) in [7, 11) is 0. The molecule has 1 aliphatic heterocycles. The Bertz CT molecular complexity index is 265. The summed E-state index contributed by atoms with van der Waals surface area (Å²) < 4.78 is 5.76. The molecule has 2 rings (SSSR count). The zero-order valence-electron chi connectivity index (χ0n) is 10.6. The molecule has 1 aliphatic carbocycles. The van der Waals surface area contributed by atoms with Crippen LogP contribution in [0.25, 0.3) is 0 Å². The van der Waals surface area contributed by atoms with Crippen molar-refractivity contribution in [2.24, 2.45) is 5.92 Å². The van der Waals surface area contributed by atoms with Crippen LogP contribution in [0.15, 0.2) is 0 Å². The molecular weight excluding hydrogens is 218 g/mol. The first-order chi connectivity index (χ1) is 8.22. The molecule has 1 heterocycles. The van der Waals surface area contributed by atoms with Crippen molar-refractivity contribution in [3.63, 3.8) is 0 Å². The smallest absolute Gasteiger partial charge is 0.321 e. The van der Waals surface area contributed by atoms with Crippen molar-refractivity contribution in [3.8, 4) is 0 Å². The van der Waals surface area contributed by atoms with Gasteiger partial charge < -0.3 is 9.84 Å². The van der Waals surface area contributed by atoms with Crippen molar-refractivity contribution in [3.05, 3.63) is 0 Å². The van der Waals surface area contributed by atoms with Crippen LogP contribution in [0.4, 0.5) is 0 Å². The molecule has 0 radical (unpaired) electrons. The maximum atomic E-state index is 11.3. The van der Waals surface area contributed by atoms with E-state index in [0.717, 1.165) is 51.8 Å². The highest BCUT2D eigenvalue weighted by molar-refractivity contribution is 5.74. The third-order valence-corrected chi connectivity index (χ3v) is 3.68. The fourth-order valence-corrected chi connectivity index (χ4v) is 2.71. The van der Waals surface area contributed by atoms with E-state index in [4.69, 9.17) is 4.74 Å². The van der Waals surface area contributed by atoms with Crippen LogP contribution in [0.3, 0.4) is 0 Å². The van der Waals surface area contributed by atoms with Crippen LogP contribution >= 0.6 is 0 Å². The molecule has 98 valence electrons. The molecule has 1 saturated heterocycles. The lowest BCUT2D eigenvalue weighted by Gasteiger charge is -2.36. The zero-order valence-corrected chi connectivity index (χ0v) is 10.6. The number of ether oxygens (including phenoxy) is 1. The summed E-state index contributed by atoms with van der Waals surface area (Å²) in [5.74, 6) is -0.263. The molecule has 0 bridgehead atoms. The van der Waals surface area contributed by atoms with Crippen molar-refractivity contribution in [1.82, 2.24) is 4.90 Å². The highest BCUT2D eigenvalue weighted by Gasteiger charge is 2.41. The van der Waals surface area contributed by atoms with E-state index in [-0.39, 0.29) is 12.1 Å². The van der Waals surface area contributed by atoms with Crippen LogP contribution in [0.5, 0.6) is 0 Å². The fourth-order valence-electron chi connectivity index (χ4n) is 2.71. The Hall–Kier alpha value is -0.610. The topological polar surface area (TPSA) is 49.8 Å². The maximum Gasteiger partial charge on any atom is 0.321 e. The molecule has 4 nitrogen and oxygen atoms in total. The van der Waals surface area contributed by atoms with Crippen LogP contribution in [-0.4, -0.2) is 47.8 Å². The highest BCUT2D eigenvalue weighted by Crippen LogP contribution is 2.36. The normalized spacial score (nSPS) is 27.9. The lowest BCUT2D eigenvalue weighted by atomic mass is 10.0. The van der Waals surface area contributed by atoms with Crippen LogP contribution in [0.1, 0.15) is 39.0 Å². The van der Waals surface area contributed by atoms with E-state index in [1.165, 1.54) is 0 Å². The quantitative estimate of drug-likeness (QED) is 0.769. The van der Waals surface area contributed by atoms with E-state index in [1.807, 2.05) is 0 Å². The lowest BCUT2D eigenvalue weighted by Crippen LogP contribution is -2.50. The fraction of sp³-hybridized carbons (Fsp3) is 0.923. The average Bonchev–Trinajstić information content (AvgIpc) is 3.11. The molecular formula is C13H23NO3. The van der Waals surface area contributed by atoms with Crippen molar-refractivity contribution in [2.45, 2.75) is 51.2 Å². The van der Waals surface area contributed by atoms with Crippen LogP contribution in [0, 0.1) is 5.92 Å². The van der Waals surface area contributed by atoms with Crippen LogP contribution in [-0.2, 0) is 9.53 Å². The largest absolute Gasteiger partial charge is 0.480 e. The molecule has 2 unspecified atom stereocenters. The number of likely N-dealkylation sites (tertiary alicyclic amines) is 1. The van der Waals surface area contributed by atoms with Gasteiger partial charge in [-0.2, -0.15) is 0 Å².